The van der Waals surface area contributed by atoms with Crippen LogP contribution >= 0.6 is 12.2 Å². The molecule has 1 aromatic rings. The van der Waals surface area contributed by atoms with Crippen molar-refractivity contribution in [3.8, 4) is 0 Å². The number of thiocarbonyl (C=S) groups is 1. The fourth-order valence-corrected chi connectivity index (χ4v) is 1.53. The Hall–Kier alpha value is -1.95. The van der Waals surface area contributed by atoms with E-state index in [9.17, 15) is 14.7 Å². The molecule has 0 spiro atoms. The molecule has 1 amide bonds. The molecular formula is C14H17N2O3S-. The molecule has 0 saturated carbocycles. The summed E-state index contributed by atoms with van der Waals surface area (Å²) in [5, 5.41) is 16.3. The molecule has 20 heavy (non-hydrogen) atoms. The largest absolute Gasteiger partial charge is 0.545 e. The van der Waals surface area contributed by atoms with Gasteiger partial charge in [0, 0.05) is 11.1 Å². The fraction of sp³-hybridized carbons (Fsp3) is 0.357. The van der Waals surface area contributed by atoms with Gasteiger partial charge in [0.05, 0.1) is 5.97 Å². The smallest absolute Gasteiger partial charge is 0.231 e. The zero-order chi connectivity index (χ0) is 15.5. The van der Waals surface area contributed by atoms with Crippen molar-refractivity contribution in [1.82, 2.24) is 5.32 Å². The SMILES string of the molecule is Cc1ccc(C(=O)[O-])cc1NC(=S)NC(=O)C(C)(C)C. The summed E-state index contributed by atoms with van der Waals surface area (Å²) in [6.45, 7) is 7.11. The average molecular weight is 293 g/mol. The lowest BCUT2D eigenvalue weighted by atomic mass is 9.96. The number of aromatic carboxylic acids is 1. The van der Waals surface area contributed by atoms with Crippen molar-refractivity contribution in [2.45, 2.75) is 27.7 Å². The maximum absolute atomic E-state index is 11.8. The number of anilines is 1. The summed E-state index contributed by atoms with van der Waals surface area (Å²) in [4.78, 5) is 22.6. The van der Waals surface area contributed by atoms with E-state index in [1.54, 1.807) is 33.8 Å². The third-order valence-corrected chi connectivity index (χ3v) is 2.83. The Kier molecular flexibility index (Phi) is 4.83. The van der Waals surface area contributed by atoms with E-state index in [1.165, 1.54) is 12.1 Å². The maximum atomic E-state index is 11.8. The van der Waals surface area contributed by atoms with Crippen LogP contribution in [0.3, 0.4) is 0 Å². The molecule has 0 heterocycles. The minimum atomic E-state index is -1.27. The lowest BCUT2D eigenvalue weighted by Crippen LogP contribution is -2.41. The lowest BCUT2D eigenvalue weighted by molar-refractivity contribution is -0.255. The predicted octanol–water partition coefficient (Wildman–Crippen LogP) is 1.22. The second kappa shape index (κ2) is 6.00. The van der Waals surface area contributed by atoms with E-state index < -0.39 is 11.4 Å². The molecule has 1 rings (SSSR count). The number of carbonyl (C=O) groups is 2. The van der Waals surface area contributed by atoms with Gasteiger partial charge in [-0.1, -0.05) is 32.9 Å². The number of nitrogens with one attached hydrogen (secondary N) is 2. The zero-order valence-electron chi connectivity index (χ0n) is 11.9. The number of amides is 1. The summed E-state index contributed by atoms with van der Waals surface area (Å²) in [6, 6.07) is 4.51. The van der Waals surface area contributed by atoms with Crippen molar-refractivity contribution in [3.05, 3.63) is 29.3 Å². The summed E-state index contributed by atoms with van der Waals surface area (Å²) in [7, 11) is 0. The number of rotatable bonds is 2. The van der Waals surface area contributed by atoms with Crippen LogP contribution in [-0.2, 0) is 4.79 Å². The quantitative estimate of drug-likeness (QED) is 0.801. The van der Waals surface area contributed by atoms with Crippen LogP contribution < -0.4 is 15.7 Å². The van der Waals surface area contributed by atoms with Gasteiger partial charge in [-0.3, -0.25) is 4.79 Å². The summed E-state index contributed by atoms with van der Waals surface area (Å²) < 4.78 is 0. The minimum absolute atomic E-state index is 0.0445. The Morgan fingerprint density at radius 3 is 2.35 bits per heavy atom. The highest BCUT2D eigenvalue weighted by molar-refractivity contribution is 7.80. The number of carbonyl (C=O) groups excluding carboxylic acids is 2. The van der Waals surface area contributed by atoms with E-state index in [-0.39, 0.29) is 16.6 Å². The number of carboxylic acids is 1. The third-order valence-electron chi connectivity index (χ3n) is 2.63. The van der Waals surface area contributed by atoms with Gasteiger partial charge in [-0.25, -0.2) is 0 Å². The molecule has 0 atom stereocenters. The Bertz CT molecular complexity index is 562. The maximum Gasteiger partial charge on any atom is 0.231 e. The minimum Gasteiger partial charge on any atom is -0.545 e. The average Bonchev–Trinajstić information content (AvgIpc) is 2.30. The molecule has 0 saturated heterocycles. The molecular weight excluding hydrogens is 276 g/mol. The van der Waals surface area contributed by atoms with Gasteiger partial charge in [0.15, 0.2) is 5.11 Å². The van der Waals surface area contributed by atoms with Gasteiger partial charge in [-0.2, -0.15) is 0 Å². The third kappa shape index (κ3) is 4.31. The first-order chi connectivity index (χ1) is 9.11. The van der Waals surface area contributed by atoms with Gasteiger partial charge >= 0.3 is 0 Å². The number of carboxylic acid groups (broad SMARTS) is 1. The highest BCUT2D eigenvalue weighted by Gasteiger charge is 2.22. The van der Waals surface area contributed by atoms with Gasteiger partial charge in [0.2, 0.25) is 5.91 Å². The number of benzene rings is 1. The molecule has 1 aromatic carbocycles. The van der Waals surface area contributed by atoms with Gasteiger partial charge in [-0.15, -0.1) is 0 Å². The molecule has 0 unspecified atom stereocenters. The first kappa shape index (κ1) is 16.1. The Morgan fingerprint density at radius 2 is 1.85 bits per heavy atom. The Labute approximate surface area is 123 Å². The monoisotopic (exact) mass is 293 g/mol. The molecule has 0 aliphatic carbocycles. The molecule has 2 N–H and O–H groups in total. The highest BCUT2D eigenvalue weighted by Crippen LogP contribution is 2.17. The van der Waals surface area contributed by atoms with E-state index in [0.717, 1.165) is 5.56 Å². The summed E-state index contributed by atoms with van der Waals surface area (Å²) in [6.07, 6.45) is 0. The van der Waals surface area contributed by atoms with Crippen molar-refractivity contribution in [1.29, 1.82) is 0 Å². The second-order valence-electron chi connectivity index (χ2n) is 5.48. The Balaban J connectivity index is 2.83. The van der Waals surface area contributed by atoms with Crippen LogP contribution in [-0.4, -0.2) is 17.0 Å². The zero-order valence-corrected chi connectivity index (χ0v) is 12.7. The van der Waals surface area contributed by atoms with Crippen LogP contribution in [0.2, 0.25) is 0 Å². The summed E-state index contributed by atoms with van der Waals surface area (Å²) in [5.74, 6) is -1.48. The summed E-state index contributed by atoms with van der Waals surface area (Å²) in [5.41, 5.74) is 0.810. The van der Waals surface area contributed by atoms with Gasteiger partial charge in [-0.05, 0) is 36.3 Å². The molecule has 6 heteroatoms. The van der Waals surface area contributed by atoms with Crippen molar-refractivity contribution in [3.63, 3.8) is 0 Å². The number of hydrogen-bond donors (Lipinski definition) is 2. The molecule has 0 aromatic heterocycles. The van der Waals surface area contributed by atoms with Crippen LogP contribution in [0.25, 0.3) is 0 Å². The van der Waals surface area contributed by atoms with Gasteiger partial charge in [0.25, 0.3) is 0 Å². The first-order valence-electron chi connectivity index (χ1n) is 6.05. The van der Waals surface area contributed by atoms with Crippen LogP contribution in [0.15, 0.2) is 18.2 Å². The number of hydrogen-bond acceptors (Lipinski definition) is 4. The van der Waals surface area contributed by atoms with Gasteiger partial charge in [0.1, 0.15) is 0 Å². The molecule has 5 nitrogen and oxygen atoms in total. The first-order valence-corrected chi connectivity index (χ1v) is 6.46. The van der Waals surface area contributed by atoms with E-state index in [2.05, 4.69) is 10.6 Å². The lowest BCUT2D eigenvalue weighted by Gasteiger charge is -2.19. The van der Waals surface area contributed by atoms with E-state index in [4.69, 9.17) is 12.2 Å². The molecule has 0 fully saturated rings. The number of aryl methyl sites for hydroxylation is 1. The van der Waals surface area contributed by atoms with Crippen molar-refractivity contribution < 1.29 is 14.7 Å². The predicted molar refractivity (Wildman–Crippen MR) is 79.3 cm³/mol. The normalized spacial score (nSPS) is 10.8. The molecule has 108 valence electrons. The second-order valence-corrected chi connectivity index (χ2v) is 5.88. The van der Waals surface area contributed by atoms with Crippen LogP contribution in [0.4, 0.5) is 5.69 Å². The van der Waals surface area contributed by atoms with Gasteiger partial charge < -0.3 is 20.5 Å². The summed E-state index contributed by atoms with van der Waals surface area (Å²) >= 11 is 5.04. The van der Waals surface area contributed by atoms with Crippen LogP contribution in [0.1, 0.15) is 36.7 Å². The topological polar surface area (TPSA) is 81.3 Å². The van der Waals surface area contributed by atoms with Crippen molar-refractivity contribution in [2.75, 3.05) is 5.32 Å². The van der Waals surface area contributed by atoms with Crippen molar-refractivity contribution >= 4 is 34.9 Å². The van der Waals surface area contributed by atoms with E-state index in [0.29, 0.717) is 5.69 Å². The fourth-order valence-electron chi connectivity index (χ4n) is 1.33. The molecule has 0 bridgehead atoms. The Morgan fingerprint density at radius 1 is 1.25 bits per heavy atom. The standard InChI is InChI=1S/C14H18N2O3S/c1-8-5-6-9(11(17)18)7-10(8)15-13(20)16-12(19)14(2,3)4/h5-7H,1-4H3,(H,17,18)(H2,15,16,19,20)/p-1. The van der Waals surface area contributed by atoms with Crippen LogP contribution in [0, 0.1) is 12.3 Å². The van der Waals surface area contributed by atoms with E-state index in [1.807, 2.05) is 0 Å². The molecule has 0 aliphatic heterocycles. The van der Waals surface area contributed by atoms with Crippen molar-refractivity contribution in [2.24, 2.45) is 5.41 Å². The molecule has 0 radical (unpaired) electrons. The molecule has 0 aliphatic rings. The van der Waals surface area contributed by atoms with Crippen LogP contribution in [0.5, 0.6) is 0 Å². The highest BCUT2D eigenvalue weighted by atomic mass is 32.1. The van der Waals surface area contributed by atoms with E-state index >= 15 is 0 Å².